The highest BCUT2D eigenvalue weighted by Gasteiger charge is 2.31. The number of nitrogens with zero attached hydrogens (tertiary/aromatic N) is 3. The predicted octanol–water partition coefficient (Wildman–Crippen LogP) is 5.15. The van der Waals surface area contributed by atoms with Crippen molar-refractivity contribution in [1.82, 2.24) is 19.9 Å². The Labute approximate surface area is 205 Å². The van der Waals surface area contributed by atoms with Crippen molar-refractivity contribution in [2.45, 2.75) is 44.2 Å². The van der Waals surface area contributed by atoms with Gasteiger partial charge in [0.1, 0.15) is 17.3 Å². The molecule has 0 aliphatic heterocycles. The minimum atomic E-state index is -0.688. The molecule has 7 heteroatoms. The molecule has 180 valence electrons. The molecule has 2 aromatic heterocycles. The average Bonchev–Trinajstić information content (AvgIpc) is 3.28. The number of ether oxygens (including phenoxy) is 2. The molecule has 0 spiro atoms. The van der Waals surface area contributed by atoms with E-state index >= 15 is 0 Å². The molecule has 2 aromatic carbocycles. The number of para-hydroxylation sites is 2. The Hall–Kier alpha value is -3.87. The number of hydrogen-bond acceptors (Lipinski definition) is 5. The predicted molar refractivity (Wildman–Crippen MR) is 136 cm³/mol. The quantitative estimate of drug-likeness (QED) is 0.404. The van der Waals surface area contributed by atoms with Gasteiger partial charge in [-0.15, -0.1) is 0 Å². The minimum absolute atomic E-state index is 0.0764. The molecule has 1 fully saturated rings. The van der Waals surface area contributed by atoms with Crippen molar-refractivity contribution >= 4 is 16.9 Å². The first-order valence-corrected chi connectivity index (χ1v) is 12.1. The lowest BCUT2D eigenvalue weighted by atomic mass is 9.95. The highest BCUT2D eigenvalue weighted by molar-refractivity contribution is 5.89. The minimum Gasteiger partial charge on any atom is -0.497 e. The first-order chi connectivity index (χ1) is 17.2. The van der Waals surface area contributed by atoms with Gasteiger partial charge in [-0.1, -0.05) is 37.5 Å². The average molecular weight is 471 g/mol. The molecule has 5 rings (SSSR count). The molecule has 1 N–H and O–H groups in total. The zero-order chi connectivity index (χ0) is 24.2. The maximum Gasteiger partial charge on any atom is 0.249 e. The Morgan fingerprint density at radius 2 is 1.80 bits per heavy atom. The van der Waals surface area contributed by atoms with Crippen LogP contribution in [0.2, 0.25) is 0 Å². The molecule has 4 aromatic rings. The molecule has 0 bridgehead atoms. The van der Waals surface area contributed by atoms with Crippen molar-refractivity contribution in [2.75, 3.05) is 14.2 Å². The summed E-state index contributed by atoms with van der Waals surface area (Å²) >= 11 is 0. The molecule has 35 heavy (non-hydrogen) atoms. The number of nitrogens with one attached hydrogen (secondary N) is 1. The van der Waals surface area contributed by atoms with E-state index in [1.807, 2.05) is 65.2 Å². The van der Waals surface area contributed by atoms with Crippen LogP contribution in [0.4, 0.5) is 0 Å². The summed E-state index contributed by atoms with van der Waals surface area (Å²) < 4.78 is 13.1. The van der Waals surface area contributed by atoms with Crippen LogP contribution < -0.4 is 14.8 Å². The van der Waals surface area contributed by atoms with Crippen LogP contribution in [0.5, 0.6) is 11.5 Å². The van der Waals surface area contributed by atoms with Crippen LogP contribution in [0, 0.1) is 0 Å². The number of rotatable bonds is 7. The number of hydrogen-bond donors (Lipinski definition) is 1. The summed E-state index contributed by atoms with van der Waals surface area (Å²) in [6.07, 6.45) is 7.24. The van der Waals surface area contributed by atoms with Gasteiger partial charge in [0.15, 0.2) is 6.04 Å². The van der Waals surface area contributed by atoms with Crippen molar-refractivity contribution < 1.29 is 14.3 Å². The van der Waals surface area contributed by atoms with Gasteiger partial charge in [0.2, 0.25) is 5.91 Å². The van der Waals surface area contributed by atoms with E-state index in [1.165, 1.54) is 6.42 Å². The second-order valence-electron chi connectivity index (χ2n) is 8.86. The largest absolute Gasteiger partial charge is 0.497 e. The zero-order valence-corrected chi connectivity index (χ0v) is 20.1. The molecule has 1 atom stereocenters. The summed E-state index contributed by atoms with van der Waals surface area (Å²) in [4.78, 5) is 23.5. The van der Waals surface area contributed by atoms with Gasteiger partial charge in [0.05, 0.1) is 36.5 Å². The summed E-state index contributed by atoms with van der Waals surface area (Å²) in [5, 5.41) is 3.32. The molecule has 0 saturated heterocycles. The number of imidazole rings is 1. The standard InChI is InChI=1S/C28H30N4O3/c1-34-20-15-16-21(25(18-20)35-2)27-31-22-12-6-7-14-24(22)32(27)26(23-13-8-9-17-29-23)28(33)30-19-10-4-3-5-11-19/h6-9,12-19,26H,3-5,10-11H2,1-2H3,(H,30,33). The molecule has 0 radical (unpaired) electrons. The van der Waals surface area contributed by atoms with E-state index in [9.17, 15) is 4.79 Å². The smallest absolute Gasteiger partial charge is 0.249 e. The molecular weight excluding hydrogens is 440 g/mol. The Balaban J connectivity index is 1.70. The summed E-state index contributed by atoms with van der Waals surface area (Å²) in [6, 6.07) is 18.6. The Morgan fingerprint density at radius 3 is 2.54 bits per heavy atom. The number of fused-ring (bicyclic) bond motifs is 1. The van der Waals surface area contributed by atoms with E-state index in [-0.39, 0.29) is 11.9 Å². The second-order valence-corrected chi connectivity index (χ2v) is 8.86. The molecule has 7 nitrogen and oxygen atoms in total. The normalized spacial score (nSPS) is 15.0. The monoisotopic (exact) mass is 470 g/mol. The fourth-order valence-electron chi connectivity index (χ4n) is 4.93. The van der Waals surface area contributed by atoms with Crippen LogP contribution >= 0.6 is 0 Å². The summed E-state index contributed by atoms with van der Waals surface area (Å²) in [5.74, 6) is 1.87. The number of carbonyl (C=O) groups is 1. The Morgan fingerprint density at radius 1 is 1.00 bits per heavy atom. The lowest BCUT2D eigenvalue weighted by Gasteiger charge is -2.27. The molecule has 1 aliphatic carbocycles. The maximum absolute atomic E-state index is 13.9. The van der Waals surface area contributed by atoms with Gasteiger partial charge in [0, 0.05) is 18.3 Å². The number of aromatic nitrogens is 3. The van der Waals surface area contributed by atoms with Crippen LogP contribution in [0.3, 0.4) is 0 Å². The summed E-state index contributed by atoms with van der Waals surface area (Å²) in [5.41, 5.74) is 3.09. The highest BCUT2D eigenvalue weighted by atomic mass is 16.5. The van der Waals surface area contributed by atoms with Crippen LogP contribution in [0.15, 0.2) is 66.9 Å². The van der Waals surface area contributed by atoms with E-state index in [4.69, 9.17) is 14.5 Å². The van der Waals surface area contributed by atoms with Crippen molar-refractivity contribution in [1.29, 1.82) is 0 Å². The molecule has 1 unspecified atom stereocenters. The van der Waals surface area contributed by atoms with Gasteiger partial charge in [-0.05, 0) is 49.2 Å². The molecule has 1 amide bonds. The second kappa shape index (κ2) is 10.2. The van der Waals surface area contributed by atoms with E-state index in [0.29, 0.717) is 23.0 Å². The third kappa shape index (κ3) is 4.58. The zero-order valence-electron chi connectivity index (χ0n) is 20.1. The molecular formula is C28H30N4O3. The van der Waals surface area contributed by atoms with Gasteiger partial charge >= 0.3 is 0 Å². The van der Waals surface area contributed by atoms with Crippen LogP contribution in [-0.2, 0) is 4.79 Å². The lowest BCUT2D eigenvalue weighted by Crippen LogP contribution is -2.41. The van der Waals surface area contributed by atoms with Crippen LogP contribution in [0.25, 0.3) is 22.4 Å². The van der Waals surface area contributed by atoms with E-state index in [0.717, 1.165) is 42.3 Å². The van der Waals surface area contributed by atoms with Crippen LogP contribution in [-0.4, -0.2) is 40.7 Å². The number of amides is 1. The fourth-order valence-corrected chi connectivity index (χ4v) is 4.93. The van der Waals surface area contributed by atoms with Gasteiger partial charge in [-0.2, -0.15) is 0 Å². The molecule has 2 heterocycles. The topological polar surface area (TPSA) is 78.3 Å². The van der Waals surface area contributed by atoms with Gasteiger partial charge in [-0.3, -0.25) is 9.78 Å². The third-order valence-corrected chi connectivity index (χ3v) is 6.67. The first-order valence-electron chi connectivity index (χ1n) is 12.1. The number of pyridine rings is 1. The third-order valence-electron chi connectivity index (χ3n) is 6.67. The fraction of sp³-hybridized carbons (Fsp3) is 0.321. The van der Waals surface area contributed by atoms with E-state index in [1.54, 1.807) is 20.4 Å². The maximum atomic E-state index is 13.9. The lowest BCUT2D eigenvalue weighted by molar-refractivity contribution is -0.124. The van der Waals surface area contributed by atoms with Gasteiger partial charge < -0.3 is 19.4 Å². The SMILES string of the molecule is COc1ccc(-c2nc3ccccc3n2C(C(=O)NC2CCCCC2)c2ccccn2)c(OC)c1. The number of carbonyl (C=O) groups excluding carboxylic acids is 1. The molecule has 1 aliphatic rings. The van der Waals surface area contributed by atoms with Crippen molar-refractivity contribution in [3.05, 3.63) is 72.6 Å². The van der Waals surface area contributed by atoms with Crippen LogP contribution in [0.1, 0.15) is 43.8 Å². The highest BCUT2D eigenvalue weighted by Crippen LogP contribution is 2.37. The molecule has 1 saturated carbocycles. The number of benzene rings is 2. The van der Waals surface area contributed by atoms with Crippen molar-refractivity contribution in [3.63, 3.8) is 0 Å². The summed E-state index contributed by atoms with van der Waals surface area (Å²) in [7, 11) is 3.24. The Kier molecular flexibility index (Phi) is 6.66. The van der Waals surface area contributed by atoms with Crippen molar-refractivity contribution in [2.24, 2.45) is 0 Å². The van der Waals surface area contributed by atoms with Crippen molar-refractivity contribution in [3.8, 4) is 22.9 Å². The number of methoxy groups -OCH3 is 2. The van der Waals surface area contributed by atoms with E-state index in [2.05, 4.69) is 10.3 Å². The van der Waals surface area contributed by atoms with E-state index < -0.39 is 6.04 Å². The van der Waals surface area contributed by atoms with Gasteiger partial charge in [0.25, 0.3) is 0 Å². The summed E-state index contributed by atoms with van der Waals surface area (Å²) in [6.45, 7) is 0. The first kappa shape index (κ1) is 22.9. The Bertz CT molecular complexity index is 1310. The van der Waals surface area contributed by atoms with Gasteiger partial charge in [-0.25, -0.2) is 4.98 Å².